The Hall–Kier alpha value is -2.83. The van der Waals surface area contributed by atoms with Gasteiger partial charge >= 0.3 is 10.1 Å². The van der Waals surface area contributed by atoms with Crippen LogP contribution >= 0.6 is 22.6 Å². The van der Waals surface area contributed by atoms with Gasteiger partial charge in [-0.05, 0) is 64.1 Å². The zero-order chi connectivity index (χ0) is 20.9. The number of methoxy groups -OCH3 is 1. The molecule has 5 nitrogen and oxygen atoms in total. The van der Waals surface area contributed by atoms with Crippen molar-refractivity contribution in [2.24, 2.45) is 0 Å². The molecule has 0 unspecified atom stereocenters. The molecule has 0 aliphatic rings. The molecule has 0 N–H and O–H groups in total. The molecule has 0 saturated heterocycles. The van der Waals surface area contributed by atoms with Gasteiger partial charge in [0.05, 0.1) is 22.3 Å². The number of hydrogen-bond acceptors (Lipinski definition) is 5. The smallest absolute Gasteiger partial charge is 0.339 e. The van der Waals surface area contributed by atoms with E-state index in [4.69, 9.17) is 8.92 Å². The summed E-state index contributed by atoms with van der Waals surface area (Å²) in [6, 6.07) is 22.8. The van der Waals surface area contributed by atoms with Crippen LogP contribution in [0.15, 0.2) is 77.7 Å². The Morgan fingerprint density at radius 2 is 1.66 bits per heavy atom. The molecule has 0 bridgehead atoms. The van der Waals surface area contributed by atoms with Gasteiger partial charge in [-0.25, -0.2) is 0 Å². The zero-order valence-electron chi connectivity index (χ0n) is 15.4. The fourth-order valence-electron chi connectivity index (χ4n) is 2.61. The summed E-state index contributed by atoms with van der Waals surface area (Å²) in [5.41, 5.74) is 1.96. The van der Waals surface area contributed by atoms with Crippen LogP contribution in [0.1, 0.15) is 11.1 Å². The maximum absolute atomic E-state index is 12.6. The molecule has 0 amide bonds. The Labute approximate surface area is 183 Å². The van der Waals surface area contributed by atoms with Crippen LogP contribution in [0.2, 0.25) is 0 Å². The van der Waals surface area contributed by atoms with Crippen LogP contribution in [-0.2, 0) is 10.1 Å². The maximum Gasteiger partial charge on any atom is 0.339 e. The fourth-order valence-corrected chi connectivity index (χ4v) is 4.48. The van der Waals surface area contributed by atoms with Crippen LogP contribution in [0.4, 0.5) is 0 Å². The molecule has 3 rings (SSSR count). The molecule has 0 heterocycles. The highest BCUT2D eigenvalue weighted by Crippen LogP contribution is 2.37. The van der Waals surface area contributed by atoms with Gasteiger partial charge in [0.2, 0.25) is 0 Å². The Kier molecular flexibility index (Phi) is 6.56. The third kappa shape index (κ3) is 4.96. The quantitative estimate of drug-likeness (QED) is 0.196. The molecular weight excluding hydrogens is 501 g/mol. The molecule has 146 valence electrons. The average molecular weight is 517 g/mol. The fraction of sp³-hybridized carbons (Fsp3) is 0.0455. The van der Waals surface area contributed by atoms with Crippen LogP contribution in [0, 0.1) is 14.9 Å². The van der Waals surface area contributed by atoms with Crippen LogP contribution in [0.25, 0.3) is 11.6 Å². The van der Waals surface area contributed by atoms with Crippen LogP contribution in [-0.4, -0.2) is 15.5 Å². The SMILES string of the molecule is COc1cc(/C=C(\C#N)c2ccccc2)cc(I)c1OS(=O)(=O)c1ccccc1. The number of halogens is 1. The lowest BCUT2D eigenvalue weighted by Crippen LogP contribution is -2.11. The third-order valence-corrected chi connectivity index (χ3v) is 6.03. The summed E-state index contributed by atoms with van der Waals surface area (Å²) in [7, 11) is -2.57. The molecule has 0 aromatic heterocycles. The number of allylic oxidation sites excluding steroid dienone is 1. The first-order valence-corrected chi connectivity index (χ1v) is 11.0. The monoisotopic (exact) mass is 517 g/mol. The molecule has 3 aromatic carbocycles. The highest BCUT2D eigenvalue weighted by molar-refractivity contribution is 14.1. The predicted octanol–water partition coefficient (Wildman–Crippen LogP) is 5.13. The van der Waals surface area contributed by atoms with Gasteiger partial charge in [0, 0.05) is 0 Å². The molecular formula is C22H16INO4S. The number of rotatable bonds is 6. The lowest BCUT2D eigenvalue weighted by atomic mass is 10.0. The molecule has 0 aliphatic carbocycles. The number of benzene rings is 3. The first-order valence-electron chi connectivity index (χ1n) is 8.49. The molecule has 0 fully saturated rings. The molecule has 0 spiro atoms. The van der Waals surface area contributed by atoms with Crippen molar-refractivity contribution in [3.63, 3.8) is 0 Å². The summed E-state index contributed by atoms with van der Waals surface area (Å²) in [5, 5.41) is 9.51. The minimum atomic E-state index is -4.00. The molecule has 0 saturated carbocycles. The second-order valence-electron chi connectivity index (χ2n) is 5.92. The lowest BCUT2D eigenvalue weighted by Gasteiger charge is -2.13. The van der Waals surface area contributed by atoms with E-state index in [9.17, 15) is 13.7 Å². The van der Waals surface area contributed by atoms with E-state index in [0.717, 1.165) is 5.56 Å². The number of nitriles is 1. The number of hydrogen-bond donors (Lipinski definition) is 0. The Morgan fingerprint density at radius 1 is 1.03 bits per heavy atom. The van der Waals surface area contributed by atoms with Crippen molar-refractivity contribution in [1.29, 1.82) is 5.26 Å². The largest absolute Gasteiger partial charge is 0.493 e. The highest BCUT2D eigenvalue weighted by Gasteiger charge is 2.21. The molecule has 7 heteroatoms. The number of nitrogens with zero attached hydrogens (tertiary/aromatic N) is 1. The second kappa shape index (κ2) is 9.11. The minimum absolute atomic E-state index is 0.0534. The summed E-state index contributed by atoms with van der Waals surface area (Å²) in [6.07, 6.45) is 1.72. The second-order valence-corrected chi connectivity index (χ2v) is 8.63. The summed E-state index contributed by atoms with van der Waals surface area (Å²) >= 11 is 1.99. The normalized spacial score (nSPS) is 11.6. The van der Waals surface area contributed by atoms with Crippen LogP contribution in [0.3, 0.4) is 0 Å². The first kappa shape index (κ1) is 20.9. The highest BCUT2D eigenvalue weighted by atomic mass is 127. The van der Waals surface area contributed by atoms with Crippen LogP contribution in [0.5, 0.6) is 11.5 Å². The predicted molar refractivity (Wildman–Crippen MR) is 120 cm³/mol. The van der Waals surface area contributed by atoms with E-state index >= 15 is 0 Å². The average Bonchev–Trinajstić information content (AvgIpc) is 2.74. The summed E-state index contributed by atoms with van der Waals surface area (Å²) in [4.78, 5) is 0.0534. The van der Waals surface area contributed by atoms with Crippen LogP contribution < -0.4 is 8.92 Å². The van der Waals surface area contributed by atoms with Gasteiger partial charge in [0.25, 0.3) is 0 Å². The van der Waals surface area contributed by atoms with Crippen molar-refractivity contribution < 1.29 is 17.3 Å². The van der Waals surface area contributed by atoms with E-state index in [-0.39, 0.29) is 16.4 Å². The maximum atomic E-state index is 12.6. The molecule has 0 radical (unpaired) electrons. The molecule has 29 heavy (non-hydrogen) atoms. The van der Waals surface area contributed by atoms with E-state index in [0.29, 0.717) is 14.7 Å². The molecule has 0 atom stereocenters. The van der Waals surface area contributed by atoms with E-state index in [1.54, 1.807) is 36.4 Å². The summed E-state index contributed by atoms with van der Waals surface area (Å²) in [6.45, 7) is 0. The lowest BCUT2D eigenvalue weighted by molar-refractivity contribution is 0.389. The minimum Gasteiger partial charge on any atom is -0.493 e. The molecule has 0 aliphatic heterocycles. The van der Waals surface area contributed by atoms with E-state index in [1.165, 1.54) is 19.2 Å². The third-order valence-electron chi connectivity index (χ3n) is 3.99. The summed E-state index contributed by atoms with van der Waals surface area (Å²) < 4.78 is 36.4. The van der Waals surface area contributed by atoms with Crippen molar-refractivity contribution in [3.05, 3.63) is 87.5 Å². The topological polar surface area (TPSA) is 76.4 Å². The Balaban J connectivity index is 2.01. The Bertz CT molecular complexity index is 1180. The summed E-state index contributed by atoms with van der Waals surface area (Å²) in [5.74, 6) is 0.361. The zero-order valence-corrected chi connectivity index (χ0v) is 18.3. The number of ether oxygens (including phenoxy) is 1. The first-order chi connectivity index (χ1) is 13.9. The van der Waals surface area contributed by atoms with E-state index in [2.05, 4.69) is 6.07 Å². The van der Waals surface area contributed by atoms with Gasteiger partial charge in [-0.2, -0.15) is 13.7 Å². The Morgan fingerprint density at radius 3 is 2.24 bits per heavy atom. The van der Waals surface area contributed by atoms with Gasteiger partial charge in [-0.1, -0.05) is 48.5 Å². The van der Waals surface area contributed by atoms with Crippen molar-refractivity contribution in [1.82, 2.24) is 0 Å². The molecule has 3 aromatic rings. The van der Waals surface area contributed by atoms with E-state index in [1.807, 2.05) is 52.9 Å². The van der Waals surface area contributed by atoms with Gasteiger partial charge < -0.3 is 8.92 Å². The van der Waals surface area contributed by atoms with Gasteiger partial charge in [0.1, 0.15) is 4.90 Å². The van der Waals surface area contributed by atoms with E-state index < -0.39 is 10.1 Å². The standard InChI is InChI=1S/C22H16INO4S/c1-27-21-14-16(12-18(15-24)17-8-4-2-5-9-17)13-20(23)22(21)28-29(25,26)19-10-6-3-7-11-19/h2-14H,1H3/b18-12+. The van der Waals surface area contributed by atoms with Gasteiger partial charge in [0.15, 0.2) is 11.5 Å². The van der Waals surface area contributed by atoms with Gasteiger partial charge in [-0.3, -0.25) is 0 Å². The van der Waals surface area contributed by atoms with Crippen molar-refractivity contribution in [2.75, 3.05) is 7.11 Å². The van der Waals surface area contributed by atoms with Crippen molar-refractivity contribution in [3.8, 4) is 17.6 Å². The van der Waals surface area contributed by atoms with Gasteiger partial charge in [-0.15, -0.1) is 0 Å². The van der Waals surface area contributed by atoms with Crippen molar-refractivity contribution >= 4 is 44.4 Å². The van der Waals surface area contributed by atoms with Crippen molar-refractivity contribution in [2.45, 2.75) is 4.90 Å².